The zero-order valence-electron chi connectivity index (χ0n) is 23.7. The van der Waals surface area contributed by atoms with E-state index in [4.69, 9.17) is 32.1 Å². The van der Waals surface area contributed by atoms with Gasteiger partial charge < -0.3 is 52.8 Å². The summed E-state index contributed by atoms with van der Waals surface area (Å²) in [5, 5.41) is 36.1. The number of ether oxygens (including phenoxy) is 2. The lowest BCUT2D eigenvalue weighted by Crippen LogP contribution is -2.57. The van der Waals surface area contributed by atoms with Crippen molar-refractivity contribution < 1.29 is 34.1 Å². The van der Waals surface area contributed by atoms with Crippen LogP contribution in [0.1, 0.15) is 24.6 Å². The van der Waals surface area contributed by atoms with Crippen LogP contribution >= 0.6 is 0 Å². The van der Waals surface area contributed by atoms with Gasteiger partial charge in [-0.3, -0.25) is 19.6 Å². The van der Waals surface area contributed by atoms with Crippen molar-refractivity contribution in [2.24, 2.45) is 11.5 Å². The Hall–Kier alpha value is -5.07. The first-order valence-electron chi connectivity index (χ1n) is 13.6. The predicted molar refractivity (Wildman–Crippen MR) is 155 cm³/mol. The van der Waals surface area contributed by atoms with Crippen LogP contribution in [0.2, 0.25) is 0 Å². The van der Waals surface area contributed by atoms with E-state index in [9.17, 15) is 24.6 Å². The quantitative estimate of drug-likeness (QED) is 0.0550. The lowest BCUT2D eigenvalue weighted by molar-refractivity contribution is -0.152. The number of hydrogen-bond acceptors (Lipinski definition) is 12. The van der Waals surface area contributed by atoms with Crippen molar-refractivity contribution in [3.8, 4) is 5.75 Å². The van der Waals surface area contributed by atoms with Gasteiger partial charge in [0.25, 0.3) is 0 Å². The minimum absolute atomic E-state index is 0.00732. The van der Waals surface area contributed by atoms with Gasteiger partial charge in [0.05, 0.1) is 25.5 Å². The molecule has 0 unspecified atom stereocenters. The summed E-state index contributed by atoms with van der Waals surface area (Å²) in [5.74, 6) is -2.39. The van der Waals surface area contributed by atoms with Crippen LogP contribution in [0, 0.1) is 5.41 Å². The number of aliphatic hydroxyl groups is 1. The number of hydrogen-bond donors (Lipinski definition) is 9. The molecule has 18 heteroatoms. The van der Waals surface area contributed by atoms with Crippen molar-refractivity contribution in [3.05, 3.63) is 42.5 Å². The first kappa shape index (κ1) is 31.9. The van der Waals surface area contributed by atoms with Crippen LogP contribution in [0.3, 0.4) is 0 Å². The van der Waals surface area contributed by atoms with Gasteiger partial charge in [0.2, 0.25) is 11.8 Å². The predicted octanol–water partition coefficient (Wildman–Crippen LogP) is -2.44. The van der Waals surface area contributed by atoms with E-state index in [0.29, 0.717) is 24.3 Å². The summed E-state index contributed by atoms with van der Waals surface area (Å²) in [4.78, 5) is 50.8. The Balaban J connectivity index is 1.53. The number of aliphatic carboxylic acids is 1. The molecule has 1 aliphatic rings. The van der Waals surface area contributed by atoms with E-state index in [1.54, 1.807) is 24.3 Å². The number of methoxy groups -OCH3 is 1. The van der Waals surface area contributed by atoms with Crippen molar-refractivity contribution in [2.75, 3.05) is 19.4 Å². The molecule has 6 atom stereocenters. The van der Waals surface area contributed by atoms with E-state index >= 15 is 0 Å². The van der Waals surface area contributed by atoms with Gasteiger partial charge in [-0.2, -0.15) is 0 Å². The molecule has 4 rings (SSSR count). The lowest BCUT2D eigenvalue weighted by atomic mass is 10.0. The number of carbonyl (C=O) groups is 3. The Morgan fingerprint density at radius 1 is 1.18 bits per heavy atom. The maximum atomic E-state index is 13.6. The fourth-order valence-electron chi connectivity index (χ4n) is 4.76. The number of carboxylic acids is 1. The van der Waals surface area contributed by atoms with E-state index in [0.717, 1.165) is 0 Å². The SMILES string of the molecule is COc1ccc(C[C@H](NC(=O)[C@@H](N)CCCNC(=N)N)C(=O)N[C@H]2[C@@H](O)[C@H](n3cnc4c(N)ncnc43)O[C@@H]2C(=O)O)cc1. The van der Waals surface area contributed by atoms with Crippen molar-refractivity contribution in [1.82, 2.24) is 35.5 Å². The molecule has 18 nitrogen and oxygen atoms in total. The Labute approximate surface area is 250 Å². The van der Waals surface area contributed by atoms with Crippen LogP contribution in [-0.2, 0) is 25.5 Å². The van der Waals surface area contributed by atoms with Gasteiger partial charge in [0.15, 0.2) is 29.8 Å². The van der Waals surface area contributed by atoms with E-state index in [-0.39, 0.29) is 35.8 Å². The van der Waals surface area contributed by atoms with Gasteiger partial charge in [0.1, 0.15) is 29.7 Å². The van der Waals surface area contributed by atoms with E-state index in [1.165, 1.54) is 24.3 Å². The van der Waals surface area contributed by atoms with Gasteiger partial charge in [-0.15, -0.1) is 0 Å². The molecule has 0 radical (unpaired) electrons. The van der Waals surface area contributed by atoms with E-state index in [1.807, 2.05) is 0 Å². The number of fused-ring (bicyclic) bond motifs is 1. The molecule has 2 amide bonds. The minimum atomic E-state index is -1.66. The molecule has 12 N–H and O–H groups in total. The van der Waals surface area contributed by atoms with Crippen LogP contribution in [0.25, 0.3) is 11.2 Å². The minimum Gasteiger partial charge on any atom is -0.497 e. The molecular formula is C26H35N11O7. The largest absolute Gasteiger partial charge is 0.497 e. The molecule has 3 aromatic rings. The van der Waals surface area contributed by atoms with Gasteiger partial charge in [-0.05, 0) is 30.5 Å². The monoisotopic (exact) mass is 613 g/mol. The molecule has 1 aromatic carbocycles. The van der Waals surface area contributed by atoms with E-state index < -0.39 is 54.3 Å². The van der Waals surface area contributed by atoms with Crippen molar-refractivity contribution in [3.63, 3.8) is 0 Å². The number of aromatic nitrogens is 4. The Bertz CT molecular complexity index is 1500. The van der Waals surface area contributed by atoms with Crippen LogP contribution in [0.15, 0.2) is 36.9 Å². The number of carboxylic acid groups (broad SMARTS) is 1. The molecule has 0 bridgehead atoms. The molecule has 0 saturated carbocycles. The summed E-state index contributed by atoms with van der Waals surface area (Å²) in [6, 6.07) is 3.16. The number of rotatable bonds is 13. The number of anilines is 1. The number of nitrogens with one attached hydrogen (secondary N) is 4. The van der Waals surface area contributed by atoms with Crippen molar-refractivity contribution in [2.45, 2.75) is 55.8 Å². The summed E-state index contributed by atoms with van der Waals surface area (Å²) in [5.41, 5.74) is 18.2. The summed E-state index contributed by atoms with van der Waals surface area (Å²) in [6.07, 6.45) is -1.41. The first-order valence-corrected chi connectivity index (χ1v) is 13.6. The molecule has 0 spiro atoms. The molecule has 44 heavy (non-hydrogen) atoms. The second-order valence-electron chi connectivity index (χ2n) is 10.1. The first-order chi connectivity index (χ1) is 21.0. The van der Waals surface area contributed by atoms with Crippen molar-refractivity contribution >= 4 is 40.7 Å². The third kappa shape index (κ3) is 7.28. The highest BCUT2D eigenvalue weighted by molar-refractivity contribution is 5.90. The van der Waals surface area contributed by atoms with Crippen molar-refractivity contribution in [1.29, 1.82) is 5.41 Å². The van der Waals surface area contributed by atoms with E-state index in [2.05, 4.69) is 30.9 Å². The summed E-state index contributed by atoms with van der Waals surface area (Å²) in [7, 11) is 1.51. The Morgan fingerprint density at radius 3 is 2.57 bits per heavy atom. The number of nitrogens with two attached hydrogens (primary N) is 3. The molecule has 1 fully saturated rings. The second kappa shape index (κ2) is 13.9. The Morgan fingerprint density at radius 2 is 1.91 bits per heavy atom. The molecule has 1 aliphatic heterocycles. The number of imidazole rings is 1. The zero-order chi connectivity index (χ0) is 32.0. The topological polar surface area (TPSA) is 292 Å². The number of nitrogens with zero attached hydrogens (tertiary/aromatic N) is 4. The highest BCUT2D eigenvalue weighted by Gasteiger charge is 2.50. The highest BCUT2D eigenvalue weighted by atomic mass is 16.6. The van der Waals surface area contributed by atoms with Crippen LogP contribution in [0.5, 0.6) is 5.75 Å². The number of benzene rings is 1. The van der Waals surface area contributed by atoms with Crippen LogP contribution in [-0.4, -0.2) is 97.5 Å². The lowest BCUT2D eigenvalue weighted by Gasteiger charge is -2.25. The number of nitrogen functional groups attached to an aromatic ring is 1. The number of guanidine groups is 1. The number of aliphatic hydroxyl groups excluding tert-OH is 1. The molecule has 3 heterocycles. The summed E-state index contributed by atoms with van der Waals surface area (Å²) < 4.78 is 12.1. The standard InChI is InChI=1S/C26H35N11O7/c1-43-13-6-4-12(5-7-13)9-15(35-22(39)14(27)3-2-8-31-26(29)30)23(40)36-16-18(38)24(44-19(16)25(41)42)37-11-34-17-20(28)32-10-33-21(17)37/h4-7,10-11,14-16,18-19,24,38H,2-3,8-9,27H2,1H3,(H,35,39)(H,36,40)(H,41,42)(H2,28,32,33)(H4,29,30,31)/t14-,15-,16-,18+,19-,24+/m0/s1. The number of amides is 2. The maximum Gasteiger partial charge on any atom is 0.335 e. The van der Waals surface area contributed by atoms with Gasteiger partial charge in [0, 0.05) is 13.0 Å². The maximum absolute atomic E-state index is 13.6. The molecule has 1 saturated heterocycles. The van der Waals surface area contributed by atoms with Crippen LogP contribution < -0.4 is 37.9 Å². The second-order valence-corrected chi connectivity index (χ2v) is 10.1. The molecular weight excluding hydrogens is 578 g/mol. The smallest absolute Gasteiger partial charge is 0.335 e. The number of carbonyl (C=O) groups excluding carboxylic acids is 2. The highest BCUT2D eigenvalue weighted by Crippen LogP contribution is 2.32. The molecule has 236 valence electrons. The summed E-state index contributed by atoms with van der Waals surface area (Å²) in [6.45, 7) is 0.328. The van der Waals surface area contributed by atoms with Gasteiger partial charge >= 0.3 is 5.97 Å². The fourth-order valence-corrected chi connectivity index (χ4v) is 4.76. The third-order valence-electron chi connectivity index (χ3n) is 7.06. The van der Waals surface area contributed by atoms with Gasteiger partial charge in [-0.1, -0.05) is 12.1 Å². The fraction of sp³-hybridized carbons (Fsp3) is 0.423. The summed E-state index contributed by atoms with van der Waals surface area (Å²) >= 11 is 0. The zero-order valence-corrected chi connectivity index (χ0v) is 23.7. The van der Waals surface area contributed by atoms with Crippen LogP contribution in [0.4, 0.5) is 5.82 Å². The molecule has 0 aliphatic carbocycles. The average Bonchev–Trinajstić information content (AvgIpc) is 3.56. The molecule has 2 aromatic heterocycles. The average molecular weight is 614 g/mol. The van der Waals surface area contributed by atoms with Gasteiger partial charge in [-0.25, -0.2) is 19.7 Å². The third-order valence-corrected chi connectivity index (χ3v) is 7.06. The Kier molecular flexibility index (Phi) is 10.1. The normalized spacial score (nSPS) is 20.9.